The summed E-state index contributed by atoms with van der Waals surface area (Å²) in [5, 5.41) is 9.24. The number of nitrogens with one attached hydrogen (secondary N) is 1. The molecule has 3 rings (SSSR count). The molecule has 1 aliphatic carbocycles. The SMILES string of the molecule is NNc1nc(N2CCOCC2)nc(N(CCO)C2CC2)n1. The molecule has 0 bridgehead atoms. The summed E-state index contributed by atoms with van der Waals surface area (Å²) in [6.07, 6.45) is 2.20. The number of nitrogens with zero attached hydrogens (tertiary/aromatic N) is 5. The van der Waals surface area contributed by atoms with Crippen LogP contribution in [0.5, 0.6) is 0 Å². The number of nitrogens with two attached hydrogens (primary N) is 1. The molecule has 2 aliphatic rings. The molecule has 1 aromatic heterocycles. The van der Waals surface area contributed by atoms with E-state index in [4.69, 9.17) is 10.6 Å². The van der Waals surface area contributed by atoms with Crippen molar-refractivity contribution in [3.63, 3.8) is 0 Å². The number of aromatic nitrogens is 3. The molecule has 1 aliphatic heterocycles. The Bertz CT molecular complexity index is 477. The maximum absolute atomic E-state index is 9.24. The summed E-state index contributed by atoms with van der Waals surface area (Å²) in [4.78, 5) is 17.3. The highest BCUT2D eigenvalue weighted by Gasteiger charge is 2.31. The van der Waals surface area contributed by atoms with Gasteiger partial charge < -0.3 is 19.6 Å². The lowest BCUT2D eigenvalue weighted by atomic mass is 10.4. The number of hydrogen-bond acceptors (Lipinski definition) is 9. The van der Waals surface area contributed by atoms with Crippen LogP contribution in [0.3, 0.4) is 0 Å². The minimum absolute atomic E-state index is 0.0699. The lowest BCUT2D eigenvalue weighted by Crippen LogP contribution is -2.38. The highest BCUT2D eigenvalue weighted by atomic mass is 16.5. The first-order valence-electron chi connectivity index (χ1n) is 7.24. The normalized spacial score (nSPS) is 18.7. The topological polar surface area (TPSA) is 113 Å². The van der Waals surface area contributed by atoms with E-state index in [2.05, 4.69) is 25.3 Å². The number of morpholine rings is 1. The van der Waals surface area contributed by atoms with Gasteiger partial charge in [0.1, 0.15) is 0 Å². The van der Waals surface area contributed by atoms with Gasteiger partial charge in [-0.2, -0.15) is 15.0 Å². The highest BCUT2D eigenvalue weighted by molar-refractivity contribution is 5.46. The Morgan fingerprint density at radius 3 is 2.67 bits per heavy atom. The zero-order valence-corrected chi connectivity index (χ0v) is 11.9. The van der Waals surface area contributed by atoms with Gasteiger partial charge in [-0.1, -0.05) is 0 Å². The third-order valence-electron chi connectivity index (χ3n) is 3.62. The molecule has 2 fully saturated rings. The second-order valence-corrected chi connectivity index (χ2v) is 5.15. The van der Waals surface area contributed by atoms with Gasteiger partial charge in [0.15, 0.2) is 0 Å². The van der Waals surface area contributed by atoms with Gasteiger partial charge in [-0.25, -0.2) is 5.84 Å². The third kappa shape index (κ3) is 3.31. The zero-order valence-electron chi connectivity index (χ0n) is 11.9. The Balaban J connectivity index is 1.87. The predicted molar refractivity (Wildman–Crippen MR) is 78.1 cm³/mol. The van der Waals surface area contributed by atoms with E-state index in [0.29, 0.717) is 43.6 Å². The second-order valence-electron chi connectivity index (χ2n) is 5.15. The predicted octanol–water partition coefficient (Wildman–Crippen LogP) is -1.05. The number of aliphatic hydroxyl groups is 1. The number of hydrogen-bond donors (Lipinski definition) is 3. The van der Waals surface area contributed by atoms with Gasteiger partial charge in [0, 0.05) is 25.7 Å². The lowest BCUT2D eigenvalue weighted by Gasteiger charge is -2.28. The number of anilines is 3. The van der Waals surface area contributed by atoms with E-state index < -0.39 is 0 Å². The molecule has 9 heteroatoms. The van der Waals surface area contributed by atoms with Crippen LogP contribution < -0.4 is 21.1 Å². The Hall–Kier alpha value is -1.71. The number of nitrogen functional groups attached to an aromatic ring is 1. The molecule has 0 amide bonds. The van der Waals surface area contributed by atoms with Crippen LogP contribution in [0.4, 0.5) is 17.8 Å². The van der Waals surface area contributed by atoms with Crippen LogP contribution in [0.25, 0.3) is 0 Å². The van der Waals surface area contributed by atoms with Crippen molar-refractivity contribution < 1.29 is 9.84 Å². The Labute approximate surface area is 123 Å². The third-order valence-corrected chi connectivity index (χ3v) is 3.62. The fraction of sp³-hybridized carbons (Fsp3) is 0.750. The molecule has 0 atom stereocenters. The van der Waals surface area contributed by atoms with E-state index in [1.54, 1.807) is 0 Å². The van der Waals surface area contributed by atoms with Crippen molar-refractivity contribution in [2.24, 2.45) is 5.84 Å². The summed E-state index contributed by atoms with van der Waals surface area (Å²) in [6.45, 7) is 3.40. The first kappa shape index (κ1) is 14.2. The van der Waals surface area contributed by atoms with Gasteiger partial charge in [-0.15, -0.1) is 0 Å². The lowest BCUT2D eigenvalue weighted by molar-refractivity contribution is 0.122. The number of aliphatic hydroxyl groups excluding tert-OH is 1. The van der Waals surface area contributed by atoms with Gasteiger partial charge in [-0.3, -0.25) is 5.43 Å². The van der Waals surface area contributed by atoms with Gasteiger partial charge in [0.25, 0.3) is 0 Å². The van der Waals surface area contributed by atoms with Crippen molar-refractivity contribution in [1.82, 2.24) is 15.0 Å². The summed E-state index contributed by atoms with van der Waals surface area (Å²) < 4.78 is 5.35. The van der Waals surface area contributed by atoms with Crippen LogP contribution in [-0.4, -0.2) is 65.6 Å². The average Bonchev–Trinajstić information content (AvgIpc) is 3.37. The minimum Gasteiger partial charge on any atom is -0.395 e. The van der Waals surface area contributed by atoms with E-state index in [-0.39, 0.29) is 6.61 Å². The van der Waals surface area contributed by atoms with Crippen LogP contribution in [0.2, 0.25) is 0 Å². The number of ether oxygens (including phenoxy) is 1. The smallest absolute Gasteiger partial charge is 0.243 e. The first-order chi connectivity index (χ1) is 10.3. The Kier molecular flexibility index (Phi) is 4.32. The molecule has 1 saturated carbocycles. The molecule has 9 nitrogen and oxygen atoms in total. The molecule has 21 heavy (non-hydrogen) atoms. The molecule has 2 heterocycles. The summed E-state index contributed by atoms with van der Waals surface area (Å²) in [7, 11) is 0. The van der Waals surface area contributed by atoms with E-state index in [9.17, 15) is 5.11 Å². The van der Waals surface area contributed by atoms with Crippen LogP contribution in [-0.2, 0) is 4.74 Å². The fourth-order valence-corrected chi connectivity index (χ4v) is 2.39. The van der Waals surface area contributed by atoms with Crippen LogP contribution in [0.15, 0.2) is 0 Å². The second kappa shape index (κ2) is 6.37. The molecule has 0 unspecified atom stereocenters. The zero-order chi connectivity index (χ0) is 14.7. The number of rotatable bonds is 6. The fourth-order valence-electron chi connectivity index (χ4n) is 2.39. The van der Waals surface area contributed by atoms with Gasteiger partial charge >= 0.3 is 0 Å². The molecule has 0 spiro atoms. The number of hydrazine groups is 1. The molecule has 0 radical (unpaired) electrons. The van der Waals surface area contributed by atoms with E-state index in [1.165, 1.54) is 0 Å². The maximum atomic E-state index is 9.24. The first-order valence-corrected chi connectivity index (χ1v) is 7.24. The van der Waals surface area contributed by atoms with Crippen LogP contribution in [0.1, 0.15) is 12.8 Å². The van der Waals surface area contributed by atoms with Crippen molar-refractivity contribution in [3.8, 4) is 0 Å². The molecule has 1 aromatic rings. The largest absolute Gasteiger partial charge is 0.395 e. The summed E-state index contributed by atoms with van der Waals surface area (Å²) in [5.41, 5.74) is 2.49. The van der Waals surface area contributed by atoms with Crippen molar-refractivity contribution in [3.05, 3.63) is 0 Å². The molecular weight excluding hydrogens is 274 g/mol. The summed E-state index contributed by atoms with van der Waals surface area (Å²) in [5.74, 6) is 6.97. The van der Waals surface area contributed by atoms with E-state index >= 15 is 0 Å². The van der Waals surface area contributed by atoms with E-state index in [0.717, 1.165) is 25.9 Å². The van der Waals surface area contributed by atoms with Gasteiger partial charge in [0.2, 0.25) is 17.8 Å². The van der Waals surface area contributed by atoms with Crippen LogP contribution in [0, 0.1) is 0 Å². The highest BCUT2D eigenvalue weighted by Crippen LogP contribution is 2.30. The Morgan fingerprint density at radius 2 is 2.05 bits per heavy atom. The molecule has 1 saturated heterocycles. The standard InChI is InChI=1S/C12H21N7O2/c13-17-10-14-11(18-4-7-21-8-5-18)16-12(15-10)19(3-6-20)9-1-2-9/h9,20H,1-8,13H2,(H,14,15,16,17). The van der Waals surface area contributed by atoms with Crippen molar-refractivity contribution in [1.29, 1.82) is 0 Å². The Morgan fingerprint density at radius 1 is 1.29 bits per heavy atom. The minimum atomic E-state index is 0.0699. The quantitative estimate of drug-likeness (QED) is 0.447. The maximum Gasteiger partial charge on any atom is 0.243 e. The monoisotopic (exact) mass is 295 g/mol. The summed E-state index contributed by atoms with van der Waals surface area (Å²) in [6, 6.07) is 0.405. The van der Waals surface area contributed by atoms with Crippen molar-refractivity contribution in [2.45, 2.75) is 18.9 Å². The average molecular weight is 295 g/mol. The molecule has 116 valence electrons. The van der Waals surface area contributed by atoms with Gasteiger partial charge in [-0.05, 0) is 12.8 Å². The molecular formula is C12H21N7O2. The molecule has 0 aromatic carbocycles. The molecule has 4 N–H and O–H groups in total. The van der Waals surface area contributed by atoms with Crippen molar-refractivity contribution in [2.75, 3.05) is 54.7 Å². The van der Waals surface area contributed by atoms with Gasteiger partial charge in [0.05, 0.1) is 19.8 Å². The van der Waals surface area contributed by atoms with Crippen molar-refractivity contribution >= 4 is 17.8 Å². The van der Waals surface area contributed by atoms with E-state index in [1.807, 2.05) is 4.90 Å². The van der Waals surface area contributed by atoms with Crippen LogP contribution >= 0.6 is 0 Å². The summed E-state index contributed by atoms with van der Waals surface area (Å²) >= 11 is 0.